The topological polar surface area (TPSA) is 68.5 Å². The number of hydrogen-bond donors (Lipinski definition) is 1. The number of pyridine rings is 1. The number of carboxylic acid groups (broad SMARTS) is 1. The van der Waals surface area contributed by atoms with Crippen LogP contribution in [0.2, 0.25) is 0 Å². The molecule has 1 aromatic carbocycles. The molecule has 0 saturated carbocycles. The predicted molar refractivity (Wildman–Crippen MR) is 71.8 cm³/mol. The Bertz CT molecular complexity index is 715. The van der Waals surface area contributed by atoms with Gasteiger partial charge >= 0.3 is 5.97 Å². The van der Waals surface area contributed by atoms with E-state index in [2.05, 4.69) is 0 Å². The standard InChI is InChI=1S/C14H15NO4/c1-8-10(7-13(16)17)11-6-9(19-3)4-5-12(11)15(2)14(8)18/h4-6H,7H2,1-3H3,(H,16,17). The van der Waals surface area contributed by atoms with Crippen LogP contribution in [0.5, 0.6) is 5.75 Å². The Balaban J connectivity index is 2.89. The van der Waals surface area contributed by atoms with E-state index in [0.717, 1.165) is 5.39 Å². The number of aliphatic carboxylic acids is 1. The minimum atomic E-state index is -0.958. The van der Waals surface area contributed by atoms with Crippen molar-refractivity contribution in [2.24, 2.45) is 7.05 Å². The Kier molecular flexibility index (Phi) is 3.29. The van der Waals surface area contributed by atoms with Crippen LogP contribution in [0.3, 0.4) is 0 Å². The van der Waals surface area contributed by atoms with Crippen LogP contribution in [0.4, 0.5) is 0 Å². The van der Waals surface area contributed by atoms with Gasteiger partial charge in [0.05, 0.1) is 19.0 Å². The lowest BCUT2D eigenvalue weighted by molar-refractivity contribution is -0.136. The Hall–Kier alpha value is -2.30. The number of aromatic nitrogens is 1. The van der Waals surface area contributed by atoms with Crippen molar-refractivity contribution in [2.75, 3.05) is 7.11 Å². The van der Waals surface area contributed by atoms with Gasteiger partial charge in [0.25, 0.3) is 5.56 Å². The van der Waals surface area contributed by atoms with Crippen LogP contribution in [0, 0.1) is 6.92 Å². The third-order valence-electron chi connectivity index (χ3n) is 3.30. The van der Waals surface area contributed by atoms with E-state index in [1.165, 1.54) is 4.57 Å². The smallest absolute Gasteiger partial charge is 0.307 e. The molecule has 2 aromatic rings. The third kappa shape index (κ3) is 2.19. The van der Waals surface area contributed by atoms with Crippen LogP contribution in [0.15, 0.2) is 23.0 Å². The number of nitrogens with zero attached hydrogens (tertiary/aromatic N) is 1. The molecule has 0 aliphatic carbocycles. The molecule has 0 radical (unpaired) electrons. The summed E-state index contributed by atoms with van der Waals surface area (Å²) < 4.78 is 6.68. The number of carbonyl (C=O) groups is 1. The van der Waals surface area contributed by atoms with Gasteiger partial charge in [0, 0.05) is 18.0 Å². The third-order valence-corrected chi connectivity index (χ3v) is 3.30. The molecular formula is C14H15NO4. The Morgan fingerprint density at radius 2 is 2.11 bits per heavy atom. The molecular weight excluding hydrogens is 246 g/mol. The Morgan fingerprint density at radius 1 is 1.42 bits per heavy atom. The minimum absolute atomic E-state index is 0.172. The number of ether oxygens (including phenoxy) is 1. The normalized spacial score (nSPS) is 10.7. The van der Waals surface area contributed by atoms with Crippen molar-refractivity contribution in [3.8, 4) is 5.75 Å². The summed E-state index contributed by atoms with van der Waals surface area (Å²) in [6.45, 7) is 1.65. The molecule has 0 bridgehead atoms. The van der Waals surface area contributed by atoms with Crippen LogP contribution < -0.4 is 10.3 Å². The summed E-state index contributed by atoms with van der Waals surface area (Å²) in [5, 5.41) is 9.73. The molecule has 0 aliphatic heterocycles. The van der Waals surface area contributed by atoms with E-state index in [4.69, 9.17) is 9.84 Å². The number of benzene rings is 1. The number of rotatable bonds is 3. The van der Waals surface area contributed by atoms with Crippen molar-refractivity contribution >= 4 is 16.9 Å². The van der Waals surface area contributed by atoms with Crippen molar-refractivity contribution in [1.29, 1.82) is 0 Å². The first-order valence-electron chi connectivity index (χ1n) is 5.83. The molecule has 19 heavy (non-hydrogen) atoms. The van der Waals surface area contributed by atoms with Crippen molar-refractivity contribution in [3.05, 3.63) is 39.7 Å². The maximum Gasteiger partial charge on any atom is 0.307 e. The molecule has 0 saturated heterocycles. The fourth-order valence-electron chi connectivity index (χ4n) is 2.25. The summed E-state index contributed by atoms with van der Waals surface area (Å²) in [5.41, 5.74) is 1.54. The van der Waals surface area contributed by atoms with Crippen molar-refractivity contribution < 1.29 is 14.6 Å². The summed E-state index contributed by atoms with van der Waals surface area (Å²) in [7, 11) is 3.22. The number of methoxy groups -OCH3 is 1. The fourth-order valence-corrected chi connectivity index (χ4v) is 2.25. The van der Waals surface area contributed by atoms with Crippen molar-refractivity contribution in [2.45, 2.75) is 13.3 Å². The number of aryl methyl sites for hydroxylation is 1. The first kappa shape index (κ1) is 13.1. The summed E-state index contributed by atoms with van der Waals surface area (Å²) in [6, 6.07) is 5.28. The van der Waals surface area contributed by atoms with E-state index in [1.807, 2.05) is 0 Å². The second-order valence-corrected chi connectivity index (χ2v) is 4.42. The molecule has 0 atom stereocenters. The highest BCUT2D eigenvalue weighted by Crippen LogP contribution is 2.24. The van der Waals surface area contributed by atoms with Crippen LogP contribution in [0.25, 0.3) is 10.9 Å². The lowest BCUT2D eigenvalue weighted by Gasteiger charge is -2.13. The Morgan fingerprint density at radius 3 is 2.68 bits per heavy atom. The lowest BCUT2D eigenvalue weighted by Crippen LogP contribution is -2.22. The van der Waals surface area contributed by atoms with Gasteiger partial charge in [-0.2, -0.15) is 0 Å². The summed E-state index contributed by atoms with van der Waals surface area (Å²) in [4.78, 5) is 23.1. The molecule has 1 aromatic heterocycles. The highest BCUT2D eigenvalue weighted by atomic mass is 16.5. The number of fused-ring (bicyclic) bond motifs is 1. The van der Waals surface area contributed by atoms with E-state index in [1.54, 1.807) is 39.3 Å². The first-order chi connectivity index (χ1) is 8.95. The zero-order valence-corrected chi connectivity index (χ0v) is 11.1. The predicted octanol–water partition coefficient (Wildman–Crippen LogP) is 1.48. The maximum absolute atomic E-state index is 12.1. The largest absolute Gasteiger partial charge is 0.497 e. The van der Waals surface area contributed by atoms with Crippen molar-refractivity contribution in [1.82, 2.24) is 4.57 Å². The lowest BCUT2D eigenvalue weighted by atomic mass is 10.0. The van der Waals surface area contributed by atoms with E-state index in [0.29, 0.717) is 22.4 Å². The quantitative estimate of drug-likeness (QED) is 0.908. The van der Waals surface area contributed by atoms with Crippen molar-refractivity contribution in [3.63, 3.8) is 0 Å². The average Bonchev–Trinajstić information content (AvgIpc) is 2.40. The molecule has 0 aliphatic rings. The molecule has 100 valence electrons. The first-order valence-corrected chi connectivity index (χ1v) is 5.83. The van der Waals surface area contributed by atoms with Crippen LogP contribution >= 0.6 is 0 Å². The van der Waals surface area contributed by atoms with Gasteiger partial charge in [0.1, 0.15) is 5.75 Å². The number of hydrogen-bond acceptors (Lipinski definition) is 3. The zero-order valence-electron chi connectivity index (χ0n) is 11.1. The highest BCUT2D eigenvalue weighted by Gasteiger charge is 2.15. The molecule has 1 heterocycles. The van der Waals surface area contributed by atoms with Gasteiger partial charge in [-0.25, -0.2) is 0 Å². The van der Waals surface area contributed by atoms with E-state index in [9.17, 15) is 9.59 Å². The van der Waals surface area contributed by atoms with E-state index >= 15 is 0 Å². The zero-order chi connectivity index (χ0) is 14.2. The summed E-state index contributed by atoms with van der Waals surface area (Å²) >= 11 is 0. The summed E-state index contributed by atoms with van der Waals surface area (Å²) in [5.74, 6) is -0.322. The minimum Gasteiger partial charge on any atom is -0.497 e. The molecule has 0 amide bonds. The Labute approximate surface area is 110 Å². The molecule has 0 fully saturated rings. The second kappa shape index (κ2) is 4.76. The molecule has 2 rings (SSSR count). The maximum atomic E-state index is 12.1. The van der Waals surface area contributed by atoms with Gasteiger partial charge in [-0.15, -0.1) is 0 Å². The van der Waals surface area contributed by atoms with Gasteiger partial charge < -0.3 is 14.4 Å². The van der Waals surface area contributed by atoms with Crippen LogP contribution in [0.1, 0.15) is 11.1 Å². The van der Waals surface area contributed by atoms with Gasteiger partial charge in [0.2, 0.25) is 0 Å². The average molecular weight is 261 g/mol. The number of carboxylic acids is 1. The molecule has 5 nitrogen and oxygen atoms in total. The van der Waals surface area contributed by atoms with Gasteiger partial charge in [-0.05, 0) is 30.7 Å². The monoisotopic (exact) mass is 261 g/mol. The fraction of sp³-hybridized carbons (Fsp3) is 0.286. The van der Waals surface area contributed by atoms with Gasteiger partial charge in [-0.3, -0.25) is 9.59 Å². The van der Waals surface area contributed by atoms with Gasteiger partial charge in [0.15, 0.2) is 0 Å². The van der Waals surface area contributed by atoms with Gasteiger partial charge in [-0.1, -0.05) is 0 Å². The molecule has 0 unspecified atom stereocenters. The molecule has 0 spiro atoms. The summed E-state index contributed by atoms with van der Waals surface area (Å²) in [6.07, 6.45) is -0.175. The molecule has 5 heteroatoms. The van der Waals surface area contributed by atoms with E-state index < -0.39 is 5.97 Å². The van der Waals surface area contributed by atoms with E-state index in [-0.39, 0.29) is 12.0 Å². The highest BCUT2D eigenvalue weighted by molar-refractivity contribution is 5.88. The van der Waals surface area contributed by atoms with Crippen LogP contribution in [-0.4, -0.2) is 22.8 Å². The SMILES string of the molecule is COc1ccc2c(c1)c(CC(=O)O)c(C)c(=O)n2C. The molecule has 1 N–H and O–H groups in total. The van der Waals surface area contributed by atoms with Crippen LogP contribution in [-0.2, 0) is 18.3 Å². The second-order valence-electron chi connectivity index (χ2n) is 4.42.